The predicted molar refractivity (Wildman–Crippen MR) is 66.4 cm³/mol. The van der Waals surface area contributed by atoms with Crippen LogP contribution in [-0.2, 0) is 17.8 Å². The Bertz CT molecular complexity index is 584. The van der Waals surface area contributed by atoms with Crippen molar-refractivity contribution < 1.29 is 31.1 Å². The Labute approximate surface area is 122 Å². The quantitative estimate of drug-likeness (QED) is 0.633. The van der Waals surface area contributed by atoms with Crippen molar-refractivity contribution in [2.75, 3.05) is 6.61 Å². The summed E-state index contributed by atoms with van der Waals surface area (Å²) in [5.74, 6) is 0.971. The molecule has 1 aliphatic heterocycles. The van der Waals surface area contributed by atoms with Crippen LogP contribution in [0.4, 0.5) is 0 Å². The van der Waals surface area contributed by atoms with Gasteiger partial charge >= 0.3 is 0 Å². The molecule has 3 nitrogen and oxygen atoms in total. The largest absolute Gasteiger partial charge is 1.00 e. The highest BCUT2D eigenvalue weighted by molar-refractivity contribution is 5.84. The van der Waals surface area contributed by atoms with E-state index < -0.39 is 0 Å². The van der Waals surface area contributed by atoms with Crippen LogP contribution in [0.3, 0.4) is 0 Å². The maximum absolute atomic E-state index is 11.4. The first-order valence-corrected chi connectivity index (χ1v) is 6.02. The van der Waals surface area contributed by atoms with E-state index in [1.54, 1.807) is 0 Å². The highest BCUT2D eigenvalue weighted by atomic mass is 79.9. The summed E-state index contributed by atoms with van der Waals surface area (Å²) in [5.41, 5.74) is 2.22. The van der Waals surface area contributed by atoms with Gasteiger partial charge in [0.2, 0.25) is 0 Å². The number of carbonyl (C=O) groups is 1. The van der Waals surface area contributed by atoms with Crippen LogP contribution in [0.1, 0.15) is 11.1 Å². The number of rotatable bonds is 2. The summed E-state index contributed by atoms with van der Waals surface area (Å²) in [6, 6.07) is 12.2. The first-order valence-electron chi connectivity index (χ1n) is 6.02. The molecule has 0 saturated carbocycles. The van der Waals surface area contributed by atoms with E-state index in [0.717, 1.165) is 17.9 Å². The zero-order chi connectivity index (χ0) is 12.4. The number of fused-ring (bicyclic) bond motifs is 1. The summed E-state index contributed by atoms with van der Waals surface area (Å²) in [6.07, 6.45) is 4.46. The lowest BCUT2D eigenvalue weighted by Gasteiger charge is -2.14. The maximum Gasteiger partial charge on any atom is 0.176 e. The molecular weight excluding hydrogens is 306 g/mol. The predicted octanol–water partition coefficient (Wildman–Crippen LogP) is -1.47. The number of ketones is 1. The zero-order valence-corrected chi connectivity index (χ0v) is 12.0. The molecule has 1 aromatic carbocycles. The zero-order valence-electron chi connectivity index (χ0n) is 10.4. The van der Waals surface area contributed by atoms with Crippen LogP contribution < -0.4 is 26.3 Å². The number of pyridine rings is 1. The summed E-state index contributed by atoms with van der Waals surface area (Å²) >= 11 is 0. The van der Waals surface area contributed by atoms with Gasteiger partial charge in [0.1, 0.15) is 12.4 Å². The molecule has 0 amide bonds. The van der Waals surface area contributed by atoms with E-state index in [9.17, 15) is 4.79 Å². The first kappa shape index (κ1) is 13.7. The van der Waals surface area contributed by atoms with Gasteiger partial charge in [-0.05, 0) is 0 Å². The van der Waals surface area contributed by atoms with E-state index >= 15 is 0 Å². The van der Waals surface area contributed by atoms with E-state index in [2.05, 4.69) is 16.7 Å². The Balaban J connectivity index is 0.00000133. The molecule has 2 heterocycles. The number of Topliss-reactive ketones (excluding diaryl/α,β-unsaturated/α-hetero) is 1. The topological polar surface area (TPSA) is 30.2 Å². The van der Waals surface area contributed by atoms with E-state index in [-0.39, 0.29) is 29.4 Å². The molecule has 0 aliphatic carbocycles. The van der Waals surface area contributed by atoms with Crippen LogP contribution in [0.2, 0.25) is 0 Å². The van der Waals surface area contributed by atoms with Gasteiger partial charge < -0.3 is 21.7 Å². The fourth-order valence-electron chi connectivity index (χ4n) is 2.17. The highest BCUT2D eigenvalue weighted by Gasteiger charge is 2.20. The fraction of sp³-hybridized carbons (Fsp3) is 0.200. The molecule has 0 bridgehead atoms. The lowest BCUT2D eigenvalue weighted by Crippen LogP contribution is -3.00. The minimum absolute atomic E-state index is 0. The number of carbonyl (C=O) groups excluding carboxylic acids is 1. The van der Waals surface area contributed by atoms with Crippen LogP contribution in [0, 0.1) is 0 Å². The molecular formula is C15H14BrNO2. The van der Waals surface area contributed by atoms with Crippen molar-refractivity contribution >= 4 is 5.78 Å². The SMILES string of the molecule is O=C1COc2cc[n+](Cc3ccccc3)cc2C1.[Br-]. The van der Waals surface area contributed by atoms with Gasteiger partial charge in [0.25, 0.3) is 0 Å². The van der Waals surface area contributed by atoms with Gasteiger partial charge in [0.15, 0.2) is 24.7 Å². The van der Waals surface area contributed by atoms with E-state index in [0.29, 0.717) is 6.42 Å². The van der Waals surface area contributed by atoms with Crippen LogP contribution in [-0.4, -0.2) is 12.4 Å². The van der Waals surface area contributed by atoms with Crippen LogP contribution in [0.15, 0.2) is 48.8 Å². The van der Waals surface area contributed by atoms with Crippen LogP contribution in [0.5, 0.6) is 5.75 Å². The van der Waals surface area contributed by atoms with Crippen molar-refractivity contribution in [3.05, 3.63) is 59.9 Å². The van der Waals surface area contributed by atoms with Crippen LogP contribution >= 0.6 is 0 Å². The molecule has 19 heavy (non-hydrogen) atoms. The third kappa shape index (κ3) is 3.20. The molecule has 0 spiro atoms. The molecule has 3 rings (SSSR count). The fourth-order valence-corrected chi connectivity index (χ4v) is 2.17. The van der Waals surface area contributed by atoms with Gasteiger partial charge in [-0.25, -0.2) is 4.57 Å². The second-order valence-electron chi connectivity index (χ2n) is 4.50. The molecule has 0 radical (unpaired) electrons. The average Bonchev–Trinajstić information content (AvgIpc) is 2.39. The van der Waals surface area contributed by atoms with Crippen molar-refractivity contribution in [1.82, 2.24) is 0 Å². The standard InChI is InChI=1S/C15H14NO2.BrH/c17-14-8-13-10-16(7-6-15(13)18-11-14)9-12-4-2-1-3-5-12;/h1-7,10H,8-9,11H2;1H/q+1;/p-1. The third-order valence-electron chi connectivity index (χ3n) is 3.04. The Morgan fingerprint density at radius 3 is 2.74 bits per heavy atom. The number of hydrogen-bond acceptors (Lipinski definition) is 2. The van der Waals surface area contributed by atoms with Gasteiger partial charge in [0, 0.05) is 18.1 Å². The average molecular weight is 320 g/mol. The van der Waals surface area contributed by atoms with Crippen molar-refractivity contribution in [1.29, 1.82) is 0 Å². The summed E-state index contributed by atoms with van der Waals surface area (Å²) < 4.78 is 7.46. The van der Waals surface area contributed by atoms with Gasteiger partial charge in [-0.15, -0.1) is 0 Å². The smallest absolute Gasteiger partial charge is 0.176 e. The van der Waals surface area contributed by atoms with Gasteiger partial charge in [-0.1, -0.05) is 30.3 Å². The number of nitrogens with zero attached hydrogens (tertiary/aromatic N) is 1. The Morgan fingerprint density at radius 1 is 1.16 bits per heavy atom. The number of hydrogen-bond donors (Lipinski definition) is 0. The Hall–Kier alpha value is -1.68. The monoisotopic (exact) mass is 319 g/mol. The molecule has 1 aliphatic rings. The molecule has 4 heteroatoms. The minimum atomic E-state index is 0. The summed E-state index contributed by atoms with van der Waals surface area (Å²) in [4.78, 5) is 11.4. The third-order valence-corrected chi connectivity index (χ3v) is 3.04. The lowest BCUT2D eigenvalue weighted by atomic mass is 10.1. The summed E-state index contributed by atoms with van der Waals surface area (Å²) in [7, 11) is 0. The number of benzene rings is 1. The normalized spacial score (nSPS) is 13.2. The molecule has 1 aromatic heterocycles. The number of ether oxygens (including phenoxy) is 1. The molecule has 0 N–H and O–H groups in total. The van der Waals surface area contributed by atoms with Gasteiger partial charge in [-0.2, -0.15) is 0 Å². The van der Waals surface area contributed by atoms with Crippen molar-refractivity contribution in [2.45, 2.75) is 13.0 Å². The molecule has 0 saturated heterocycles. The molecule has 0 atom stereocenters. The van der Waals surface area contributed by atoms with E-state index in [4.69, 9.17) is 4.74 Å². The molecule has 0 unspecified atom stereocenters. The van der Waals surface area contributed by atoms with Crippen molar-refractivity contribution in [2.24, 2.45) is 0 Å². The highest BCUT2D eigenvalue weighted by Crippen LogP contribution is 2.20. The Kier molecular flexibility index (Phi) is 4.32. The van der Waals surface area contributed by atoms with Gasteiger partial charge in [0.05, 0.1) is 5.56 Å². The van der Waals surface area contributed by atoms with E-state index in [1.807, 2.05) is 36.7 Å². The summed E-state index contributed by atoms with van der Waals surface area (Å²) in [5, 5.41) is 0. The second-order valence-corrected chi connectivity index (χ2v) is 4.50. The molecule has 98 valence electrons. The molecule has 0 fully saturated rings. The van der Waals surface area contributed by atoms with Crippen molar-refractivity contribution in [3.63, 3.8) is 0 Å². The van der Waals surface area contributed by atoms with Crippen molar-refractivity contribution in [3.8, 4) is 5.75 Å². The van der Waals surface area contributed by atoms with Crippen LogP contribution in [0.25, 0.3) is 0 Å². The first-order chi connectivity index (χ1) is 8.81. The maximum atomic E-state index is 11.4. The van der Waals surface area contributed by atoms with E-state index in [1.165, 1.54) is 5.56 Å². The summed E-state index contributed by atoms with van der Waals surface area (Å²) in [6.45, 7) is 1.01. The number of aromatic nitrogens is 1. The molecule has 2 aromatic rings. The number of halogens is 1. The lowest BCUT2D eigenvalue weighted by molar-refractivity contribution is -0.688. The second kappa shape index (κ2) is 5.97. The van der Waals surface area contributed by atoms with Gasteiger partial charge in [-0.3, -0.25) is 4.79 Å². The minimum Gasteiger partial charge on any atom is -1.00 e. The Morgan fingerprint density at radius 2 is 1.95 bits per heavy atom.